The molecule has 2 rings (SSSR count). The fourth-order valence-corrected chi connectivity index (χ4v) is 2.79. The molecule has 1 aliphatic heterocycles. The van der Waals surface area contributed by atoms with Crippen molar-refractivity contribution in [1.82, 2.24) is 5.32 Å². The number of hydrogen-bond donors (Lipinski definition) is 2. The van der Waals surface area contributed by atoms with Gasteiger partial charge < -0.3 is 10.4 Å². The van der Waals surface area contributed by atoms with Crippen LogP contribution < -0.4 is 5.32 Å². The maximum absolute atomic E-state index is 10.1. The minimum atomic E-state index is 0.473. The van der Waals surface area contributed by atoms with Crippen LogP contribution in [0.25, 0.3) is 0 Å². The van der Waals surface area contributed by atoms with E-state index in [-0.39, 0.29) is 0 Å². The lowest BCUT2D eigenvalue weighted by Gasteiger charge is -2.25. The van der Waals surface area contributed by atoms with Gasteiger partial charge in [0.25, 0.3) is 0 Å². The first-order valence-corrected chi connectivity index (χ1v) is 6.63. The second kappa shape index (κ2) is 5.09. The lowest BCUT2D eigenvalue weighted by Crippen LogP contribution is -2.28. The van der Waals surface area contributed by atoms with E-state index in [2.05, 4.69) is 32.2 Å². The van der Waals surface area contributed by atoms with E-state index in [4.69, 9.17) is 0 Å². The van der Waals surface area contributed by atoms with Crippen LogP contribution in [0.5, 0.6) is 5.75 Å². The first-order valence-electron chi connectivity index (χ1n) is 6.63. The number of benzene rings is 1. The molecule has 1 heterocycles. The van der Waals surface area contributed by atoms with Crippen molar-refractivity contribution < 1.29 is 5.11 Å². The van der Waals surface area contributed by atoms with E-state index >= 15 is 0 Å². The van der Waals surface area contributed by atoms with Gasteiger partial charge in [-0.1, -0.05) is 19.9 Å². The highest BCUT2D eigenvalue weighted by Gasteiger charge is 2.20. The molecule has 17 heavy (non-hydrogen) atoms. The first kappa shape index (κ1) is 12.4. The molecule has 0 saturated carbocycles. The topological polar surface area (TPSA) is 32.3 Å². The maximum Gasteiger partial charge on any atom is 0.119 e. The zero-order valence-electron chi connectivity index (χ0n) is 11.1. The van der Waals surface area contributed by atoms with Crippen molar-refractivity contribution in [3.8, 4) is 5.75 Å². The zero-order valence-corrected chi connectivity index (χ0v) is 11.1. The van der Waals surface area contributed by atoms with Crippen molar-refractivity contribution >= 4 is 0 Å². The average Bonchev–Trinajstić information content (AvgIpc) is 2.29. The predicted octanol–water partition coefficient (Wildman–Crippen LogP) is 3.29. The molecule has 0 aromatic heterocycles. The SMILES string of the molecule is Cc1cc(O)c(C2CCCNC2)cc1C(C)C. The lowest BCUT2D eigenvalue weighted by molar-refractivity contribution is 0.424. The van der Waals surface area contributed by atoms with Gasteiger partial charge in [-0.15, -0.1) is 0 Å². The van der Waals surface area contributed by atoms with Crippen molar-refractivity contribution in [2.75, 3.05) is 13.1 Å². The summed E-state index contributed by atoms with van der Waals surface area (Å²) >= 11 is 0. The Kier molecular flexibility index (Phi) is 3.72. The number of rotatable bonds is 2. The first-order chi connectivity index (χ1) is 8.09. The fraction of sp³-hybridized carbons (Fsp3) is 0.600. The van der Waals surface area contributed by atoms with Crippen LogP contribution in [0.2, 0.25) is 0 Å². The predicted molar refractivity (Wildman–Crippen MR) is 71.8 cm³/mol. The summed E-state index contributed by atoms with van der Waals surface area (Å²) in [5.41, 5.74) is 3.69. The van der Waals surface area contributed by atoms with Crippen molar-refractivity contribution in [2.24, 2.45) is 0 Å². The third kappa shape index (κ3) is 2.63. The van der Waals surface area contributed by atoms with Gasteiger partial charge in [0.2, 0.25) is 0 Å². The average molecular weight is 233 g/mol. The summed E-state index contributed by atoms with van der Waals surface area (Å²) in [4.78, 5) is 0. The Morgan fingerprint density at radius 3 is 2.71 bits per heavy atom. The van der Waals surface area contributed by atoms with E-state index in [1.54, 1.807) is 0 Å². The summed E-state index contributed by atoms with van der Waals surface area (Å²) in [5, 5.41) is 13.5. The second-order valence-electron chi connectivity index (χ2n) is 5.47. The molecular weight excluding hydrogens is 210 g/mol. The summed E-state index contributed by atoms with van der Waals surface area (Å²) in [5.74, 6) is 1.47. The monoisotopic (exact) mass is 233 g/mol. The third-order valence-corrected chi connectivity index (χ3v) is 3.77. The van der Waals surface area contributed by atoms with E-state index in [1.165, 1.54) is 24.0 Å². The van der Waals surface area contributed by atoms with Gasteiger partial charge in [0.05, 0.1) is 0 Å². The highest BCUT2D eigenvalue weighted by Crippen LogP contribution is 2.34. The summed E-state index contributed by atoms with van der Waals surface area (Å²) < 4.78 is 0. The van der Waals surface area contributed by atoms with E-state index in [9.17, 15) is 5.11 Å². The van der Waals surface area contributed by atoms with Crippen molar-refractivity contribution in [3.05, 3.63) is 28.8 Å². The molecule has 94 valence electrons. The molecule has 1 fully saturated rings. The van der Waals surface area contributed by atoms with Crippen molar-refractivity contribution in [2.45, 2.75) is 45.4 Å². The van der Waals surface area contributed by atoms with Gasteiger partial charge in [0, 0.05) is 12.5 Å². The van der Waals surface area contributed by atoms with Gasteiger partial charge in [-0.3, -0.25) is 0 Å². The highest BCUT2D eigenvalue weighted by atomic mass is 16.3. The third-order valence-electron chi connectivity index (χ3n) is 3.77. The Morgan fingerprint density at radius 1 is 1.35 bits per heavy atom. The number of aryl methyl sites for hydroxylation is 1. The van der Waals surface area contributed by atoms with E-state index < -0.39 is 0 Å². The van der Waals surface area contributed by atoms with Gasteiger partial charge in [-0.25, -0.2) is 0 Å². The summed E-state index contributed by atoms with van der Waals surface area (Å²) in [6, 6.07) is 4.15. The Bertz CT molecular complexity index is 392. The Morgan fingerprint density at radius 2 is 2.12 bits per heavy atom. The largest absolute Gasteiger partial charge is 0.508 e. The quantitative estimate of drug-likeness (QED) is 0.821. The highest BCUT2D eigenvalue weighted by molar-refractivity contribution is 5.44. The van der Waals surface area contributed by atoms with Crippen LogP contribution in [0.4, 0.5) is 0 Å². The molecule has 0 spiro atoms. The molecule has 1 atom stereocenters. The van der Waals surface area contributed by atoms with Crippen molar-refractivity contribution in [1.29, 1.82) is 0 Å². The number of phenols is 1. The Labute approximate surface area is 104 Å². The molecule has 1 aromatic rings. The summed E-state index contributed by atoms with van der Waals surface area (Å²) in [7, 11) is 0. The number of aromatic hydroxyl groups is 1. The van der Waals surface area contributed by atoms with Crippen LogP contribution >= 0.6 is 0 Å². The number of piperidine rings is 1. The Hall–Kier alpha value is -1.02. The van der Waals surface area contributed by atoms with Gasteiger partial charge >= 0.3 is 0 Å². The molecular formula is C15H23NO. The van der Waals surface area contributed by atoms with Gasteiger partial charge in [-0.05, 0) is 55.0 Å². The molecule has 1 aromatic carbocycles. The smallest absolute Gasteiger partial charge is 0.119 e. The minimum Gasteiger partial charge on any atom is -0.508 e. The number of hydrogen-bond acceptors (Lipinski definition) is 2. The van der Waals surface area contributed by atoms with Crippen LogP contribution in [0.3, 0.4) is 0 Å². The van der Waals surface area contributed by atoms with Crippen LogP contribution in [0.1, 0.15) is 55.2 Å². The molecule has 1 aliphatic rings. The van der Waals surface area contributed by atoms with Gasteiger partial charge in [0.1, 0.15) is 5.75 Å². The number of phenolic OH excluding ortho intramolecular Hbond substituents is 1. The molecule has 2 nitrogen and oxygen atoms in total. The van der Waals surface area contributed by atoms with Crippen LogP contribution in [0.15, 0.2) is 12.1 Å². The standard InChI is InChI=1S/C15H23NO/c1-10(2)13-8-14(15(17)7-11(13)3)12-5-4-6-16-9-12/h7-8,10,12,16-17H,4-6,9H2,1-3H3. The summed E-state index contributed by atoms with van der Waals surface area (Å²) in [6.07, 6.45) is 2.39. The molecule has 2 N–H and O–H groups in total. The number of nitrogens with one attached hydrogen (secondary N) is 1. The van der Waals surface area contributed by atoms with E-state index in [0.717, 1.165) is 18.7 Å². The molecule has 1 unspecified atom stereocenters. The van der Waals surface area contributed by atoms with E-state index in [1.807, 2.05) is 6.07 Å². The zero-order chi connectivity index (χ0) is 12.4. The Balaban J connectivity index is 2.35. The molecule has 1 saturated heterocycles. The molecule has 2 heteroatoms. The van der Waals surface area contributed by atoms with Crippen LogP contribution in [-0.2, 0) is 0 Å². The van der Waals surface area contributed by atoms with Crippen LogP contribution in [0, 0.1) is 6.92 Å². The lowest BCUT2D eigenvalue weighted by atomic mass is 9.86. The van der Waals surface area contributed by atoms with Gasteiger partial charge in [0.15, 0.2) is 0 Å². The molecule has 0 aliphatic carbocycles. The second-order valence-corrected chi connectivity index (χ2v) is 5.47. The molecule has 0 amide bonds. The minimum absolute atomic E-state index is 0.473. The normalized spacial score (nSPS) is 20.8. The van der Waals surface area contributed by atoms with E-state index in [0.29, 0.717) is 17.6 Å². The maximum atomic E-state index is 10.1. The van der Waals surface area contributed by atoms with Crippen molar-refractivity contribution in [3.63, 3.8) is 0 Å². The fourth-order valence-electron chi connectivity index (χ4n) is 2.79. The summed E-state index contributed by atoms with van der Waals surface area (Å²) in [6.45, 7) is 8.61. The molecule has 0 radical (unpaired) electrons. The van der Waals surface area contributed by atoms with Crippen LogP contribution in [-0.4, -0.2) is 18.2 Å². The van der Waals surface area contributed by atoms with Gasteiger partial charge in [-0.2, -0.15) is 0 Å². The molecule has 0 bridgehead atoms.